The number of carbonyl (C=O) groups excluding carboxylic acids is 2. The summed E-state index contributed by atoms with van der Waals surface area (Å²) in [6.07, 6.45) is 4.78. The minimum Gasteiger partial charge on any atom is -0.352 e. The van der Waals surface area contributed by atoms with E-state index in [9.17, 15) is 9.59 Å². The van der Waals surface area contributed by atoms with Crippen molar-refractivity contribution >= 4 is 39.5 Å². The van der Waals surface area contributed by atoms with Crippen LogP contribution in [0.25, 0.3) is 0 Å². The van der Waals surface area contributed by atoms with Crippen molar-refractivity contribution in [1.82, 2.24) is 10.2 Å². The van der Waals surface area contributed by atoms with Crippen molar-refractivity contribution in [3.05, 3.63) is 100 Å². The van der Waals surface area contributed by atoms with E-state index in [-0.39, 0.29) is 23.6 Å². The van der Waals surface area contributed by atoms with Gasteiger partial charge in [-0.2, -0.15) is 0 Å². The number of hydrogen-bond acceptors (Lipinski definition) is 3. The van der Waals surface area contributed by atoms with Gasteiger partial charge < -0.3 is 10.2 Å². The zero-order valence-corrected chi connectivity index (χ0v) is 23.1. The Morgan fingerprint density at radius 2 is 1.61 bits per heavy atom. The summed E-state index contributed by atoms with van der Waals surface area (Å²) >= 11 is 5.01. The highest BCUT2D eigenvalue weighted by molar-refractivity contribution is 9.10. The van der Waals surface area contributed by atoms with Crippen LogP contribution in [-0.4, -0.2) is 34.6 Å². The normalized spacial score (nSPS) is 14.4. The molecule has 2 amide bonds. The van der Waals surface area contributed by atoms with Gasteiger partial charge in [-0.3, -0.25) is 9.59 Å². The van der Waals surface area contributed by atoms with Gasteiger partial charge in [0.1, 0.15) is 6.04 Å². The number of aryl methyl sites for hydroxylation is 1. The molecule has 1 N–H and O–H groups in total. The van der Waals surface area contributed by atoms with Gasteiger partial charge in [-0.15, -0.1) is 11.8 Å². The topological polar surface area (TPSA) is 49.4 Å². The van der Waals surface area contributed by atoms with Crippen LogP contribution in [0.15, 0.2) is 88.2 Å². The highest BCUT2D eigenvalue weighted by atomic mass is 79.9. The Morgan fingerprint density at radius 3 is 2.28 bits per heavy atom. The number of halogens is 1. The Morgan fingerprint density at radius 1 is 0.944 bits per heavy atom. The van der Waals surface area contributed by atoms with Gasteiger partial charge in [-0.05, 0) is 55.2 Å². The van der Waals surface area contributed by atoms with E-state index in [2.05, 4.69) is 40.3 Å². The number of rotatable bonds is 10. The predicted octanol–water partition coefficient (Wildman–Crippen LogP) is 6.55. The average Bonchev–Trinajstić information content (AvgIpc) is 3.40. The molecule has 1 aliphatic carbocycles. The molecule has 0 saturated heterocycles. The SMILES string of the molecule is Cc1ccc(SCC(=O)N(Cc2ccc(Br)cc2)C(Cc2ccccc2)C(=O)NC2CCCC2)cc1. The minimum absolute atomic E-state index is 0.0361. The number of nitrogens with zero attached hydrogens (tertiary/aromatic N) is 1. The van der Waals surface area contributed by atoms with E-state index in [1.54, 1.807) is 4.90 Å². The van der Waals surface area contributed by atoms with Crippen molar-refractivity contribution in [1.29, 1.82) is 0 Å². The smallest absolute Gasteiger partial charge is 0.243 e. The summed E-state index contributed by atoms with van der Waals surface area (Å²) < 4.78 is 0.985. The summed E-state index contributed by atoms with van der Waals surface area (Å²) in [5.41, 5.74) is 3.23. The molecule has 4 nitrogen and oxygen atoms in total. The first-order chi connectivity index (χ1) is 17.5. The van der Waals surface area contributed by atoms with Crippen LogP contribution in [0.1, 0.15) is 42.4 Å². The fraction of sp³-hybridized carbons (Fsp3) is 0.333. The molecule has 0 heterocycles. The van der Waals surface area contributed by atoms with Gasteiger partial charge in [0.15, 0.2) is 0 Å². The standard InChI is InChI=1S/C30H33BrN2O2S/c1-22-11-17-27(18-12-22)36-21-29(34)33(20-24-13-15-25(31)16-14-24)28(19-23-7-3-2-4-8-23)30(35)32-26-9-5-6-10-26/h2-4,7-8,11-18,26,28H,5-6,9-10,19-21H2,1H3,(H,32,35). The summed E-state index contributed by atoms with van der Waals surface area (Å²) in [5, 5.41) is 3.26. The Balaban J connectivity index is 1.59. The molecular formula is C30H33BrN2O2S. The van der Waals surface area contributed by atoms with Crippen LogP contribution in [0.3, 0.4) is 0 Å². The lowest BCUT2D eigenvalue weighted by Gasteiger charge is -2.32. The fourth-order valence-corrected chi connectivity index (χ4v) is 5.62. The van der Waals surface area contributed by atoms with Crippen LogP contribution in [0.2, 0.25) is 0 Å². The van der Waals surface area contributed by atoms with Crippen molar-refractivity contribution < 1.29 is 9.59 Å². The Hall–Kier alpha value is -2.57. The number of carbonyl (C=O) groups is 2. The number of hydrogen-bond donors (Lipinski definition) is 1. The first-order valence-corrected chi connectivity index (χ1v) is 14.3. The Kier molecular flexibility index (Phi) is 9.65. The monoisotopic (exact) mass is 564 g/mol. The Bertz CT molecular complexity index is 1130. The third kappa shape index (κ3) is 7.71. The molecular weight excluding hydrogens is 532 g/mol. The summed E-state index contributed by atoms with van der Waals surface area (Å²) in [7, 11) is 0. The van der Waals surface area contributed by atoms with Crippen LogP contribution >= 0.6 is 27.7 Å². The van der Waals surface area contributed by atoms with Gasteiger partial charge in [0.05, 0.1) is 5.75 Å². The molecule has 0 spiro atoms. The van der Waals surface area contributed by atoms with E-state index in [1.165, 1.54) is 17.3 Å². The molecule has 1 aliphatic rings. The summed E-state index contributed by atoms with van der Waals surface area (Å²) in [6, 6.07) is 25.8. The largest absolute Gasteiger partial charge is 0.352 e. The minimum atomic E-state index is -0.581. The van der Waals surface area contributed by atoms with Gasteiger partial charge in [0.2, 0.25) is 11.8 Å². The van der Waals surface area contributed by atoms with Crippen molar-refractivity contribution in [2.45, 2.75) is 62.6 Å². The number of nitrogens with one attached hydrogen (secondary N) is 1. The molecule has 188 valence electrons. The van der Waals surface area contributed by atoms with E-state index in [0.717, 1.165) is 46.2 Å². The van der Waals surface area contributed by atoms with Gasteiger partial charge in [0.25, 0.3) is 0 Å². The van der Waals surface area contributed by atoms with Crippen molar-refractivity contribution in [3.8, 4) is 0 Å². The van der Waals surface area contributed by atoms with E-state index < -0.39 is 6.04 Å². The fourth-order valence-electron chi connectivity index (χ4n) is 4.57. The molecule has 36 heavy (non-hydrogen) atoms. The van der Waals surface area contributed by atoms with Gasteiger partial charge in [-0.25, -0.2) is 0 Å². The van der Waals surface area contributed by atoms with Crippen LogP contribution in [0.4, 0.5) is 0 Å². The molecule has 4 rings (SSSR count). The van der Waals surface area contributed by atoms with E-state index in [0.29, 0.717) is 13.0 Å². The van der Waals surface area contributed by atoms with E-state index in [4.69, 9.17) is 0 Å². The van der Waals surface area contributed by atoms with Gasteiger partial charge >= 0.3 is 0 Å². The second-order valence-corrected chi connectivity index (χ2v) is 11.4. The maximum Gasteiger partial charge on any atom is 0.243 e. The molecule has 0 aromatic heterocycles. The number of amides is 2. The lowest BCUT2D eigenvalue weighted by atomic mass is 10.0. The molecule has 0 bridgehead atoms. The molecule has 1 fully saturated rings. The molecule has 0 aliphatic heterocycles. The maximum absolute atomic E-state index is 13.7. The van der Waals surface area contributed by atoms with E-state index >= 15 is 0 Å². The molecule has 3 aromatic rings. The quantitative estimate of drug-likeness (QED) is 0.284. The molecule has 1 atom stereocenters. The Labute approximate surface area is 227 Å². The van der Waals surface area contributed by atoms with Crippen LogP contribution in [0, 0.1) is 6.92 Å². The summed E-state index contributed by atoms with van der Waals surface area (Å²) in [6.45, 7) is 2.44. The van der Waals surface area contributed by atoms with Crippen LogP contribution in [-0.2, 0) is 22.6 Å². The third-order valence-electron chi connectivity index (χ3n) is 6.62. The number of benzene rings is 3. The lowest BCUT2D eigenvalue weighted by Crippen LogP contribution is -2.52. The maximum atomic E-state index is 13.7. The third-order valence-corrected chi connectivity index (χ3v) is 8.15. The molecule has 0 radical (unpaired) electrons. The summed E-state index contributed by atoms with van der Waals surface area (Å²) in [5.74, 6) is 0.184. The van der Waals surface area contributed by atoms with Gasteiger partial charge in [-0.1, -0.05) is 88.9 Å². The first-order valence-electron chi connectivity index (χ1n) is 12.6. The van der Waals surface area contributed by atoms with Crippen molar-refractivity contribution in [2.24, 2.45) is 0 Å². The molecule has 1 unspecified atom stereocenters. The lowest BCUT2D eigenvalue weighted by molar-refractivity contribution is -0.139. The van der Waals surface area contributed by atoms with Crippen molar-refractivity contribution in [3.63, 3.8) is 0 Å². The first kappa shape index (κ1) is 26.5. The highest BCUT2D eigenvalue weighted by Crippen LogP contribution is 2.23. The number of thioether (sulfide) groups is 1. The molecule has 3 aromatic carbocycles. The van der Waals surface area contributed by atoms with E-state index in [1.807, 2.05) is 66.7 Å². The molecule has 6 heteroatoms. The highest BCUT2D eigenvalue weighted by Gasteiger charge is 2.32. The van der Waals surface area contributed by atoms with Crippen LogP contribution < -0.4 is 5.32 Å². The zero-order chi connectivity index (χ0) is 25.3. The zero-order valence-electron chi connectivity index (χ0n) is 20.7. The van der Waals surface area contributed by atoms with Gasteiger partial charge in [0, 0.05) is 28.4 Å². The predicted molar refractivity (Wildman–Crippen MR) is 151 cm³/mol. The van der Waals surface area contributed by atoms with Crippen molar-refractivity contribution in [2.75, 3.05) is 5.75 Å². The second-order valence-electron chi connectivity index (χ2n) is 9.45. The van der Waals surface area contributed by atoms with Crippen LogP contribution in [0.5, 0.6) is 0 Å². The molecule has 1 saturated carbocycles. The second kappa shape index (κ2) is 13.1. The average molecular weight is 566 g/mol. The summed E-state index contributed by atoms with van der Waals surface area (Å²) in [4.78, 5) is 30.3.